The Kier molecular flexibility index (Phi) is 4.02. The SMILES string of the molecule is COc1c(C)cc(C(=O)CC2CCCO2)cc1C. The lowest BCUT2D eigenvalue weighted by Crippen LogP contribution is -2.13. The summed E-state index contributed by atoms with van der Waals surface area (Å²) in [5, 5.41) is 0. The van der Waals surface area contributed by atoms with Gasteiger partial charge in [0, 0.05) is 18.6 Å². The van der Waals surface area contributed by atoms with E-state index in [4.69, 9.17) is 9.47 Å². The minimum absolute atomic E-state index is 0.111. The summed E-state index contributed by atoms with van der Waals surface area (Å²) in [4.78, 5) is 12.2. The highest BCUT2D eigenvalue weighted by Gasteiger charge is 2.20. The molecule has 0 aliphatic carbocycles. The van der Waals surface area contributed by atoms with Crippen LogP contribution in [-0.2, 0) is 4.74 Å². The number of Topliss-reactive ketones (excluding diaryl/α,β-unsaturated/α-hetero) is 1. The van der Waals surface area contributed by atoms with Gasteiger partial charge in [0.25, 0.3) is 0 Å². The Morgan fingerprint density at radius 1 is 1.39 bits per heavy atom. The van der Waals surface area contributed by atoms with Crippen molar-refractivity contribution in [3.63, 3.8) is 0 Å². The highest BCUT2D eigenvalue weighted by molar-refractivity contribution is 5.97. The van der Waals surface area contributed by atoms with E-state index in [0.29, 0.717) is 6.42 Å². The minimum atomic E-state index is 0.111. The Labute approximate surface area is 108 Å². The van der Waals surface area contributed by atoms with Crippen molar-refractivity contribution >= 4 is 5.78 Å². The van der Waals surface area contributed by atoms with E-state index in [2.05, 4.69) is 0 Å². The molecular weight excluding hydrogens is 228 g/mol. The van der Waals surface area contributed by atoms with Crippen molar-refractivity contribution < 1.29 is 14.3 Å². The molecule has 1 unspecified atom stereocenters. The average molecular weight is 248 g/mol. The first-order valence-electron chi connectivity index (χ1n) is 6.42. The highest BCUT2D eigenvalue weighted by Crippen LogP contribution is 2.26. The van der Waals surface area contributed by atoms with E-state index >= 15 is 0 Å². The lowest BCUT2D eigenvalue weighted by atomic mass is 9.99. The molecule has 1 aromatic carbocycles. The molecular formula is C15H20O3. The van der Waals surface area contributed by atoms with E-state index in [1.54, 1.807) is 7.11 Å². The summed E-state index contributed by atoms with van der Waals surface area (Å²) < 4.78 is 10.8. The van der Waals surface area contributed by atoms with Crippen molar-refractivity contribution in [2.75, 3.05) is 13.7 Å². The third-order valence-electron chi connectivity index (χ3n) is 3.42. The number of ether oxygens (including phenoxy) is 2. The van der Waals surface area contributed by atoms with E-state index in [1.165, 1.54) is 0 Å². The number of benzene rings is 1. The summed E-state index contributed by atoms with van der Waals surface area (Å²) in [6.07, 6.45) is 2.67. The molecule has 0 N–H and O–H groups in total. The maximum Gasteiger partial charge on any atom is 0.165 e. The van der Waals surface area contributed by atoms with Crippen LogP contribution in [-0.4, -0.2) is 25.6 Å². The first-order valence-corrected chi connectivity index (χ1v) is 6.42. The van der Waals surface area contributed by atoms with Crippen LogP contribution in [0.25, 0.3) is 0 Å². The van der Waals surface area contributed by atoms with Crippen molar-refractivity contribution in [2.45, 2.75) is 39.2 Å². The number of ketones is 1. The maximum atomic E-state index is 12.2. The van der Waals surface area contributed by atoms with Gasteiger partial charge < -0.3 is 9.47 Å². The molecule has 1 atom stereocenters. The van der Waals surface area contributed by atoms with Gasteiger partial charge in [-0.3, -0.25) is 4.79 Å². The van der Waals surface area contributed by atoms with E-state index in [1.807, 2.05) is 26.0 Å². The van der Waals surface area contributed by atoms with Gasteiger partial charge in [0.2, 0.25) is 0 Å². The molecule has 0 amide bonds. The molecule has 0 radical (unpaired) electrons. The van der Waals surface area contributed by atoms with Gasteiger partial charge in [-0.25, -0.2) is 0 Å². The Balaban J connectivity index is 2.15. The van der Waals surface area contributed by atoms with Gasteiger partial charge in [-0.1, -0.05) is 0 Å². The van der Waals surface area contributed by atoms with Crippen LogP contribution in [0.4, 0.5) is 0 Å². The number of rotatable bonds is 4. The van der Waals surface area contributed by atoms with Crippen molar-refractivity contribution in [3.8, 4) is 5.75 Å². The van der Waals surface area contributed by atoms with Gasteiger partial charge in [0.05, 0.1) is 13.2 Å². The molecule has 3 heteroatoms. The number of aryl methyl sites for hydroxylation is 2. The summed E-state index contributed by atoms with van der Waals surface area (Å²) in [5.74, 6) is 1.03. The molecule has 1 saturated heterocycles. The fourth-order valence-corrected chi connectivity index (χ4v) is 2.56. The Bertz CT molecular complexity index is 422. The lowest BCUT2D eigenvalue weighted by molar-refractivity contribution is 0.0775. The van der Waals surface area contributed by atoms with Crippen molar-refractivity contribution in [1.82, 2.24) is 0 Å². The molecule has 3 nitrogen and oxygen atoms in total. The van der Waals surface area contributed by atoms with E-state index in [9.17, 15) is 4.79 Å². The normalized spacial score (nSPS) is 18.9. The number of hydrogen-bond acceptors (Lipinski definition) is 3. The van der Waals surface area contributed by atoms with Crippen molar-refractivity contribution in [3.05, 3.63) is 28.8 Å². The van der Waals surface area contributed by atoms with E-state index in [-0.39, 0.29) is 11.9 Å². The molecule has 1 aromatic rings. The number of carbonyl (C=O) groups excluding carboxylic acids is 1. The smallest absolute Gasteiger partial charge is 0.165 e. The van der Waals surface area contributed by atoms with Crippen LogP contribution in [0.2, 0.25) is 0 Å². The van der Waals surface area contributed by atoms with Crippen LogP contribution in [0, 0.1) is 13.8 Å². The molecule has 1 aliphatic rings. The monoisotopic (exact) mass is 248 g/mol. The topological polar surface area (TPSA) is 35.5 Å². The first kappa shape index (κ1) is 13.1. The molecule has 2 rings (SSSR count). The molecule has 18 heavy (non-hydrogen) atoms. The predicted octanol–water partition coefficient (Wildman–Crippen LogP) is 3.06. The fourth-order valence-electron chi connectivity index (χ4n) is 2.56. The maximum absolute atomic E-state index is 12.2. The third-order valence-corrected chi connectivity index (χ3v) is 3.42. The molecule has 1 fully saturated rings. The summed E-state index contributed by atoms with van der Waals surface area (Å²) >= 11 is 0. The zero-order valence-corrected chi connectivity index (χ0v) is 11.3. The Morgan fingerprint density at radius 2 is 2.06 bits per heavy atom. The second-order valence-corrected chi connectivity index (χ2v) is 4.91. The van der Waals surface area contributed by atoms with Gasteiger partial charge in [0.15, 0.2) is 5.78 Å². The Morgan fingerprint density at radius 3 is 2.56 bits per heavy atom. The van der Waals surface area contributed by atoms with Gasteiger partial charge in [0.1, 0.15) is 5.75 Å². The molecule has 0 spiro atoms. The van der Waals surface area contributed by atoms with Gasteiger partial charge in [-0.2, -0.15) is 0 Å². The lowest BCUT2D eigenvalue weighted by Gasteiger charge is -2.12. The van der Waals surface area contributed by atoms with Crippen LogP contribution in [0.15, 0.2) is 12.1 Å². The molecule has 0 saturated carbocycles. The van der Waals surface area contributed by atoms with Gasteiger partial charge in [-0.15, -0.1) is 0 Å². The van der Waals surface area contributed by atoms with E-state index < -0.39 is 0 Å². The average Bonchev–Trinajstić information content (AvgIpc) is 2.81. The number of hydrogen-bond donors (Lipinski definition) is 0. The summed E-state index contributed by atoms with van der Waals surface area (Å²) in [6.45, 7) is 4.72. The summed E-state index contributed by atoms with van der Waals surface area (Å²) in [6, 6.07) is 3.81. The Hall–Kier alpha value is -1.35. The fraction of sp³-hybridized carbons (Fsp3) is 0.533. The predicted molar refractivity (Wildman–Crippen MR) is 70.4 cm³/mol. The van der Waals surface area contributed by atoms with Crippen LogP contribution in [0.1, 0.15) is 40.7 Å². The van der Waals surface area contributed by atoms with Crippen LogP contribution in [0.5, 0.6) is 5.75 Å². The third kappa shape index (κ3) is 2.72. The van der Waals surface area contributed by atoms with Crippen molar-refractivity contribution in [2.24, 2.45) is 0 Å². The molecule has 1 heterocycles. The van der Waals surface area contributed by atoms with Gasteiger partial charge >= 0.3 is 0 Å². The standard InChI is InChI=1S/C15H20O3/c1-10-7-12(8-11(2)15(10)17-3)14(16)9-13-5-4-6-18-13/h7-8,13H,4-6,9H2,1-3H3. The van der Waals surface area contributed by atoms with Crippen molar-refractivity contribution in [1.29, 1.82) is 0 Å². The summed E-state index contributed by atoms with van der Waals surface area (Å²) in [7, 11) is 1.66. The number of methoxy groups -OCH3 is 1. The van der Waals surface area contributed by atoms with Gasteiger partial charge in [-0.05, 0) is 49.9 Å². The van der Waals surface area contributed by atoms with E-state index in [0.717, 1.165) is 41.9 Å². The molecule has 0 bridgehead atoms. The minimum Gasteiger partial charge on any atom is -0.496 e. The van der Waals surface area contributed by atoms with Crippen LogP contribution < -0.4 is 4.74 Å². The molecule has 98 valence electrons. The molecule has 0 aromatic heterocycles. The zero-order chi connectivity index (χ0) is 13.1. The second-order valence-electron chi connectivity index (χ2n) is 4.91. The first-order chi connectivity index (χ1) is 8.61. The zero-order valence-electron chi connectivity index (χ0n) is 11.3. The quantitative estimate of drug-likeness (QED) is 0.768. The largest absolute Gasteiger partial charge is 0.496 e. The summed E-state index contributed by atoms with van der Waals surface area (Å²) in [5.41, 5.74) is 2.78. The second kappa shape index (κ2) is 5.53. The van der Waals surface area contributed by atoms with Crippen LogP contribution >= 0.6 is 0 Å². The van der Waals surface area contributed by atoms with Crippen LogP contribution in [0.3, 0.4) is 0 Å². The molecule has 1 aliphatic heterocycles. The number of carbonyl (C=O) groups is 1. The highest BCUT2D eigenvalue weighted by atomic mass is 16.5.